The second-order valence-corrected chi connectivity index (χ2v) is 4.01. The van der Waals surface area contributed by atoms with E-state index in [1.165, 1.54) is 11.1 Å². The number of hydrogen-bond acceptors (Lipinski definition) is 0. The van der Waals surface area contributed by atoms with Crippen molar-refractivity contribution >= 4 is 15.9 Å². The minimum atomic E-state index is 0.933. The summed E-state index contributed by atoms with van der Waals surface area (Å²) in [5.41, 5.74) is 2.52. The zero-order valence-electron chi connectivity index (χ0n) is 7.70. The van der Waals surface area contributed by atoms with Crippen molar-refractivity contribution in [1.29, 1.82) is 0 Å². The number of halogens is 1. The Morgan fingerprint density at radius 2 is 1.79 bits per heavy atom. The van der Waals surface area contributed by atoms with Crippen LogP contribution in [0.25, 0.3) is 0 Å². The molecule has 1 radical (unpaired) electrons. The summed E-state index contributed by atoms with van der Waals surface area (Å²) in [7, 11) is 0. The van der Waals surface area contributed by atoms with Crippen molar-refractivity contribution in [3.8, 4) is 0 Å². The summed E-state index contributed by atoms with van der Waals surface area (Å²) in [5.74, 6) is 0. The van der Waals surface area contributed by atoms with E-state index in [1.54, 1.807) is 0 Å². The predicted octanol–water partition coefficient (Wildman–Crippen LogP) is 3.84. The molecule has 0 unspecified atom stereocenters. The van der Waals surface area contributed by atoms with Crippen LogP contribution in [0.4, 0.5) is 0 Å². The van der Waals surface area contributed by atoms with Crippen molar-refractivity contribution in [2.75, 3.05) is 0 Å². The van der Waals surface area contributed by atoms with Gasteiger partial charge in [-0.3, -0.25) is 0 Å². The second-order valence-electron chi connectivity index (χ2n) is 3.16. The van der Waals surface area contributed by atoms with E-state index in [4.69, 9.17) is 0 Å². The standard InChI is InChI=1S/C13H10Br/c14-13-9-5-4-8-12(13)10-11-6-2-1-3-7-11/h1-7,9H,10H2. The molecular formula is C13H10Br. The van der Waals surface area contributed by atoms with Gasteiger partial charge in [-0.15, -0.1) is 0 Å². The Bertz CT molecular complexity index is 407. The maximum Gasteiger partial charge on any atom is 0.0216 e. The van der Waals surface area contributed by atoms with Crippen LogP contribution in [-0.4, -0.2) is 0 Å². The Morgan fingerprint density at radius 1 is 1.00 bits per heavy atom. The quantitative estimate of drug-likeness (QED) is 0.755. The fourth-order valence-electron chi connectivity index (χ4n) is 1.39. The van der Waals surface area contributed by atoms with Crippen molar-refractivity contribution in [3.63, 3.8) is 0 Å². The minimum absolute atomic E-state index is 0.933. The predicted molar refractivity (Wildman–Crippen MR) is 62.2 cm³/mol. The van der Waals surface area contributed by atoms with Crippen molar-refractivity contribution in [2.24, 2.45) is 0 Å². The van der Waals surface area contributed by atoms with Gasteiger partial charge in [0.1, 0.15) is 0 Å². The Balaban J connectivity index is 2.24. The molecule has 1 heteroatoms. The van der Waals surface area contributed by atoms with Crippen molar-refractivity contribution < 1.29 is 0 Å². The number of hydrogen-bond donors (Lipinski definition) is 0. The molecule has 0 heterocycles. The zero-order chi connectivity index (χ0) is 9.80. The summed E-state index contributed by atoms with van der Waals surface area (Å²) in [5, 5.41) is 0. The normalized spacial score (nSPS) is 10.1. The van der Waals surface area contributed by atoms with Crippen LogP contribution < -0.4 is 0 Å². The molecule has 0 aliphatic heterocycles. The highest BCUT2D eigenvalue weighted by Gasteiger charge is 1.99. The molecule has 69 valence electrons. The Labute approximate surface area is 92.7 Å². The maximum absolute atomic E-state index is 3.52. The fraction of sp³-hybridized carbons (Fsp3) is 0.0769. The first kappa shape index (κ1) is 9.47. The minimum Gasteiger partial charge on any atom is -0.0622 e. The third-order valence-corrected chi connectivity index (χ3v) is 2.85. The second kappa shape index (κ2) is 4.43. The molecular weight excluding hydrogens is 236 g/mol. The monoisotopic (exact) mass is 245 g/mol. The van der Waals surface area contributed by atoms with Crippen molar-refractivity contribution in [2.45, 2.75) is 6.42 Å². The third-order valence-electron chi connectivity index (χ3n) is 2.11. The van der Waals surface area contributed by atoms with Gasteiger partial charge in [0.2, 0.25) is 0 Å². The van der Waals surface area contributed by atoms with Crippen LogP contribution in [0.2, 0.25) is 0 Å². The van der Waals surface area contributed by atoms with E-state index in [0.29, 0.717) is 0 Å². The molecule has 0 saturated carbocycles. The molecule has 2 aromatic carbocycles. The summed E-state index contributed by atoms with van der Waals surface area (Å²) in [6.07, 6.45) is 0.933. The van der Waals surface area contributed by atoms with Crippen LogP contribution in [0.3, 0.4) is 0 Å². The molecule has 0 nitrogen and oxygen atoms in total. The average molecular weight is 246 g/mol. The summed E-state index contributed by atoms with van der Waals surface area (Å²) >= 11 is 3.52. The lowest BCUT2D eigenvalue weighted by Crippen LogP contribution is -1.88. The van der Waals surface area contributed by atoms with Crippen LogP contribution in [0.1, 0.15) is 11.1 Å². The molecule has 0 aromatic heterocycles. The Kier molecular flexibility index (Phi) is 3.00. The summed E-state index contributed by atoms with van der Waals surface area (Å²) in [6, 6.07) is 19.6. The van der Waals surface area contributed by atoms with E-state index >= 15 is 0 Å². The molecule has 0 spiro atoms. The smallest absolute Gasteiger partial charge is 0.0216 e. The van der Waals surface area contributed by atoms with Gasteiger partial charge in [-0.05, 0) is 29.7 Å². The first-order valence-electron chi connectivity index (χ1n) is 4.55. The van der Waals surface area contributed by atoms with Gasteiger partial charge in [0.05, 0.1) is 0 Å². The van der Waals surface area contributed by atoms with Crippen LogP contribution in [-0.2, 0) is 6.42 Å². The van der Waals surface area contributed by atoms with Gasteiger partial charge in [-0.25, -0.2) is 0 Å². The topological polar surface area (TPSA) is 0 Å². The molecule has 0 atom stereocenters. The van der Waals surface area contributed by atoms with Crippen LogP contribution in [0.15, 0.2) is 53.0 Å². The first-order chi connectivity index (χ1) is 6.86. The SMILES string of the molecule is Brc1ccc[c]c1Cc1ccccc1. The van der Waals surface area contributed by atoms with Gasteiger partial charge in [-0.1, -0.05) is 58.4 Å². The van der Waals surface area contributed by atoms with Crippen LogP contribution in [0, 0.1) is 6.07 Å². The first-order valence-corrected chi connectivity index (χ1v) is 5.34. The van der Waals surface area contributed by atoms with Gasteiger partial charge < -0.3 is 0 Å². The number of benzene rings is 2. The molecule has 0 bridgehead atoms. The summed E-state index contributed by atoms with van der Waals surface area (Å²) in [6.45, 7) is 0. The van der Waals surface area contributed by atoms with Gasteiger partial charge in [-0.2, -0.15) is 0 Å². The van der Waals surface area contributed by atoms with E-state index in [9.17, 15) is 0 Å². The molecule has 0 aliphatic rings. The van der Waals surface area contributed by atoms with Gasteiger partial charge in [0, 0.05) is 4.47 Å². The van der Waals surface area contributed by atoms with E-state index in [2.05, 4.69) is 52.3 Å². The van der Waals surface area contributed by atoms with E-state index in [-0.39, 0.29) is 0 Å². The third kappa shape index (κ3) is 2.24. The average Bonchev–Trinajstić information content (AvgIpc) is 2.23. The highest BCUT2D eigenvalue weighted by Crippen LogP contribution is 2.18. The highest BCUT2D eigenvalue weighted by molar-refractivity contribution is 9.10. The lowest BCUT2D eigenvalue weighted by Gasteiger charge is -2.03. The molecule has 0 saturated heterocycles. The van der Waals surface area contributed by atoms with Gasteiger partial charge in [0.25, 0.3) is 0 Å². The van der Waals surface area contributed by atoms with E-state index in [1.807, 2.05) is 18.2 Å². The molecule has 0 fully saturated rings. The number of rotatable bonds is 2. The van der Waals surface area contributed by atoms with Crippen molar-refractivity contribution in [1.82, 2.24) is 0 Å². The maximum atomic E-state index is 3.52. The molecule has 2 rings (SSSR count). The Hall–Kier alpha value is -1.08. The fourth-order valence-corrected chi connectivity index (χ4v) is 1.79. The zero-order valence-corrected chi connectivity index (χ0v) is 9.29. The van der Waals surface area contributed by atoms with Gasteiger partial charge >= 0.3 is 0 Å². The molecule has 14 heavy (non-hydrogen) atoms. The highest BCUT2D eigenvalue weighted by atomic mass is 79.9. The largest absolute Gasteiger partial charge is 0.0622 e. The van der Waals surface area contributed by atoms with E-state index in [0.717, 1.165) is 10.9 Å². The van der Waals surface area contributed by atoms with E-state index < -0.39 is 0 Å². The molecule has 2 aromatic rings. The molecule has 0 amide bonds. The van der Waals surface area contributed by atoms with Crippen molar-refractivity contribution in [3.05, 3.63) is 70.2 Å². The summed E-state index contributed by atoms with van der Waals surface area (Å²) in [4.78, 5) is 0. The van der Waals surface area contributed by atoms with Crippen LogP contribution >= 0.6 is 15.9 Å². The van der Waals surface area contributed by atoms with Crippen LogP contribution in [0.5, 0.6) is 0 Å². The molecule has 0 aliphatic carbocycles. The lowest BCUT2D eigenvalue weighted by molar-refractivity contribution is 1.17. The lowest BCUT2D eigenvalue weighted by atomic mass is 10.1. The molecule has 0 N–H and O–H groups in total. The summed E-state index contributed by atoms with van der Waals surface area (Å²) < 4.78 is 1.13. The van der Waals surface area contributed by atoms with Gasteiger partial charge in [0.15, 0.2) is 0 Å². The Morgan fingerprint density at radius 3 is 2.50 bits per heavy atom.